The molecular weight excluding hydrogens is 364 g/mol. The number of rotatable bonds is 4. The number of anilines is 2. The maximum atomic E-state index is 12.8. The maximum absolute atomic E-state index is 12.8. The molecule has 0 spiro atoms. The molecule has 1 N–H and O–H groups in total. The van der Waals surface area contributed by atoms with Gasteiger partial charge in [-0.3, -0.25) is 9.59 Å². The van der Waals surface area contributed by atoms with Crippen molar-refractivity contribution in [2.75, 3.05) is 16.8 Å². The van der Waals surface area contributed by atoms with Crippen LogP contribution in [0.5, 0.6) is 0 Å². The van der Waals surface area contributed by atoms with Crippen molar-refractivity contribution in [3.63, 3.8) is 0 Å². The number of ketones is 1. The van der Waals surface area contributed by atoms with Crippen molar-refractivity contribution < 1.29 is 9.59 Å². The van der Waals surface area contributed by atoms with E-state index in [4.69, 9.17) is 0 Å². The maximum Gasteiger partial charge on any atom is 0.274 e. The van der Waals surface area contributed by atoms with Gasteiger partial charge in [0.2, 0.25) is 0 Å². The second kappa shape index (κ2) is 7.83. The van der Waals surface area contributed by atoms with Gasteiger partial charge in [-0.15, -0.1) is 0 Å². The highest BCUT2D eigenvalue weighted by Gasteiger charge is 2.19. The van der Waals surface area contributed by atoms with Gasteiger partial charge in [-0.1, -0.05) is 36.4 Å². The van der Waals surface area contributed by atoms with Crippen molar-refractivity contribution in [1.82, 2.24) is 9.97 Å². The Balaban J connectivity index is 1.56. The van der Waals surface area contributed by atoms with E-state index < -0.39 is 0 Å². The van der Waals surface area contributed by atoms with Crippen LogP contribution in [0.2, 0.25) is 0 Å². The molecule has 1 aliphatic heterocycles. The quantitative estimate of drug-likeness (QED) is 0.690. The molecule has 6 heteroatoms. The summed E-state index contributed by atoms with van der Waals surface area (Å²) in [5.41, 5.74) is 4.06. The number of aromatic nitrogens is 2. The molecule has 2 heterocycles. The van der Waals surface area contributed by atoms with Gasteiger partial charge in [0.25, 0.3) is 5.91 Å². The minimum Gasteiger partial charge on any atom is -0.352 e. The number of carbonyl (C=O) groups is 2. The molecule has 2 aromatic carbocycles. The van der Waals surface area contributed by atoms with Gasteiger partial charge in [0, 0.05) is 30.4 Å². The number of amides is 1. The molecular formula is C23H22N4O2. The molecule has 1 amide bonds. The van der Waals surface area contributed by atoms with Crippen LogP contribution < -0.4 is 10.2 Å². The Morgan fingerprint density at radius 3 is 2.59 bits per heavy atom. The molecule has 0 bridgehead atoms. The monoisotopic (exact) mass is 386 g/mol. The number of fused-ring (bicyclic) bond motifs is 1. The number of hydrogen-bond donors (Lipinski definition) is 1. The summed E-state index contributed by atoms with van der Waals surface area (Å²) in [5, 5.41) is 2.83. The second-order valence-corrected chi connectivity index (χ2v) is 7.19. The van der Waals surface area contributed by atoms with Crippen LogP contribution in [0.1, 0.15) is 44.7 Å². The van der Waals surface area contributed by atoms with Gasteiger partial charge in [0.1, 0.15) is 17.3 Å². The summed E-state index contributed by atoms with van der Waals surface area (Å²) in [4.78, 5) is 35.4. The SMILES string of the molecule is CC(=O)c1cccc(NC(=O)c2cc(N3CCc4ccccc4C3)nc(C)n2)c1. The van der Waals surface area contributed by atoms with Crippen molar-refractivity contribution in [2.45, 2.75) is 26.8 Å². The van der Waals surface area contributed by atoms with Crippen molar-refractivity contribution in [3.05, 3.63) is 82.8 Å². The van der Waals surface area contributed by atoms with E-state index in [1.165, 1.54) is 18.1 Å². The van der Waals surface area contributed by atoms with E-state index >= 15 is 0 Å². The molecule has 0 unspecified atom stereocenters. The Bertz CT molecular complexity index is 1090. The summed E-state index contributed by atoms with van der Waals surface area (Å²) in [6, 6.07) is 17.0. The topological polar surface area (TPSA) is 75.2 Å². The molecule has 0 aliphatic carbocycles. The summed E-state index contributed by atoms with van der Waals surface area (Å²) in [5.74, 6) is 0.917. The Hall–Kier alpha value is -3.54. The third-order valence-corrected chi connectivity index (χ3v) is 5.04. The van der Waals surface area contributed by atoms with Gasteiger partial charge < -0.3 is 10.2 Å². The molecule has 0 fully saturated rings. The average molecular weight is 386 g/mol. The highest BCUT2D eigenvalue weighted by atomic mass is 16.2. The van der Waals surface area contributed by atoms with Crippen LogP contribution in [0.15, 0.2) is 54.6 Å². The Morgan fingerprint density at radius 1 is 1.00 bits per heavy atom. The van der Waals surface area contributed by atoms with Gasteiger partial charge in [-0.2, -0.15) is 0 Å². The van der Waals surface area contributed by atoms with Crippen LogP contribution >= 0.6 is 0 Å². The number of carbonyl (C=O) groups excluding carboxylic acids is 2. The van der Waals surface area contributed by atoms with Gasteiger partial charge in [0.05, 0.1) is 0 Å². The number of benzene rings is 2. The number of nitrogens with one attached hydrogen (secondary N) is 1. The lowest BCUT2D eigenvalue weighted by molar-refractivity contribution is 0.100. The summed E-state index contributed by atoms with van der Waals surface area (Å²) >= 11 is 0. The highest BCUT2D eigenvalue weighted by molar-refractivity contribution is 6.04. The molecule has 146 valence electrons. The molecule has 1 aliphatic rings. The number of nitrogens with zero attached hydrogens (tertiary/aromatic N) is 3. The number of Topliss-reactive ketones (excluding diaryl/α,β-unsaturated/α-hetero) is 1. The zero-order valence-electron chi connectivity index (χ0n) is 16.5. The largest absolute Gasteiger partial charge is 0.352 e. The highest BCUT2D eigenvalue weighted by Crippen LogP contribution is 2.24. The predicted octanol–water partition coefficient (Wildman–Crippen LogP) is 3.80. The second-order valence-electron chi connectivity index (χ2n) is 7.19. The molecule has 0 radical (unpaired) electrons. The van der Waals surface area contributed by atoms with Crippen LogP contribution in [0, 0.1) is 6.92 Å². The normalized spacial score (nSPS) is 13.0. The molecule has 3 aromatic rings. The lowest BCUT2D eigenvalue weighted by atomic mass is 10.00. The fourth-order valence-corrected chi connectivity index (χ4v) is 3.53. The van der Waals surface area contributed by atoms with Crippen LogP contribution in [-0.2, 0) is 13.0 Å². The van der Waals surface area contributed by atoms with Crippen LogP contribution in [0.3, 0.4) is 0 Å². The molecule has 0 saturated carbocycles. The smallest absolute Gasteiger partial charge is 0.274 e. The minimum absolute atomic E-state index is 0.0494. The summed E-state index contributed by atoms with van der Waals surface area (Å²) in [7, 11) is 0. The zero-order chi connectivity index (χ0) is 20.4. The van der Waals surface area contributed by atoms with E-state index in [2.05, 4.69) is 38.4 Å². The molecule has 4 rings (SSSR count). The van der Waals surface area contributed by atoms with Crippen LogP contribution in [0.4, 0.5) is 11.5 Å². The zero-order valence-corrected chi connectivity index (χ0v) is 16.5. The van der Waals surface area contributed by atoms with Crippen molar-refractivity contribution in [2.24, 2.45) is 0 Å². The van der Waals surface area contributed by atoms with Crippen LogP contribution in [-0.4, -0.2) is 28.2 Å². The van der Waals surface area contributed by atoms with E-state index in [1.54, 1.807) is 37.3 Å². The first-order valence-electron chi connectivity index (χ1n) is 9.59. The van der Waals surface area contributed by atoms with E-state index in [1.807, 2.05) is 6.07 Å². The fraction of sp³-hybridized carbons (Fsp3) is 0.217. The summed E-state index contributed by atoms with van der Waals surface area (Å²) in [6.07, 6.45) is 0.943. The standard InChI is InChI=1S/C23H22N4O2/c1-15(28)18-8-5-9-20(12-18)26-23(29)21-13-22(25-16(2)24-21)27-11-10-17-6-3-4-7-19(17)14-27/h3-9,12-13H,10-11,14H2,1-2H3,(H,26,29). The van der Waals surface area contributed by atoms with Crippen molar-refractivity contribution in [1.29, 1.82) is 0 Å². The lowest BCUT2D eigenvalue weighted by Crippen LogP contribution is -2.31. The molecule has 1 aromatic heterocycles. The van der Waals surface area contributed by atoms with Crippen LogP contribution in [0.25, 0.3) is 0 Å². The third-order valence-electron chi connectivity index (χ3n) is 5.04. The lowest BCUT2D eigenvalue weighted by Gasteiger charge is -2.30. The summed E-state index contributed by atoms with van der Waals surface area (Å²) < 4.78 is 0. The van der Waals surface area contributed by atoms with Gasteiger partial charge in [-0.25, -0.2) is 9.97 Å². The fourth-order valence-electron chi connectivity index (χ4n) is 3.53. The first-order chi connectivity index (χ1) is 14.0. The molecule has 0 atom stereocenters. The van der Waals surface area contributed by atoms with E-state index in [9.17, 15) is 9.59 Å². The molecule has 6 nitrogen and oxygen atoms in total. The van der Waals surface area contributed by atoms with E-state index in [0.29, 0.717) is 22.8 Å². The summed E-state index contributed by atoms with van der Waals surface area (Å²) in [6.45, 7) is 4.88. The van der Waals surface area contributed by atoms with Gasteiger partial charge >= 0.3 is 0 Å². The first-order valence-corrected chi connectivity index (χ1v) is 9.59. The molecule has 0 saturated heterocycles. The number of aryl methyl sites for hydroxylation is 1. The van der Waals surface area contributed by atoms with E-state index in [-0.39, 0.29) is 11.7 Å². The Morgan fingerprint density at radius 2 is 1.79 bits per heavy atom. The van der Waals surface area contributed by atoms with E-state index in [0.717, 1.165) is 25.3 Å². The first kappa shape index (κ1) is 18.8. The molecule has 29 heavy (non-hydrogen) atoms. The van der Waals surface area contributed by atoms with Gasteiger partial charge in [-0.05, 0) is 43.5 Å². The Kier molecular flexibility index (Phi) is 5.08. The van der Waals surface area contributed by atoms with Crippen molar-refractivity contribution >= 4 is 23.2 Å². The third kappa shape index (κ3) is 4.16. The van der Waals surface area contributed by atoms with Gasteiger partial charge in [0.15, 0.2) is 5.78 Å². The van der Waals surface area contributed by atoms with Crippen molar-refractivity contribution in [3.8, 4) is 0 Å². The minimum atomic E-state index is -0.324. The Labute approximate surface area is 169 Å². The predicted molar refractivity (Wildman–Crippen MR) is 112 cm³/mol. The number of hydrogen-bond acceptors (Lipinski definition) is 5. The average Bonchev–Trinajstić information content (AvgIpc) is 2.73.